The number of benzene rings is 1. The average Bonchev–Trinajstić information content (AvgIpc) is 2.26. The van der Waals surface area contributed by atoms with Crippen molar-refractivity contribution < 1.29 is 9.53 Å². The highest BCUT2D eigenvalue weighted by Gasteiger charge is 2.11. The second kappa shape index (κ2) is 5.43. The summed E-state index contributed by atoms with van der Waals surface area (Å²) in [5.74, 6) is -0.116. The van der Waals surface area contributed by atoms with Crippen molar-refractivity contribution >= 4 is 5.97 Å². The molecule has 0 aliphatic heterocycles. The Labute approximate surface area is 84.9 Å². The number of rotatable bonds is 4. The van der Waals surface area contributed by atoms with Crippen molar-refractivity contribution in [2.24, 2.45) is 5.92 Å². The Kier molecular flexibility index (Phi) is 4.17. The first-order chi connectivity index (χ1) is 6.74. The molecule has 0 saturated carbocycles. The number of hydrogen-bond acceptors (Lipinski definition) is 2. The molecule has 1 atom stereocenters. The van der Waals surface area contributed by atoms with E-state index in [1.54, 1.807) is 0 Å². The van der Waals surface area contributed by atoms with E-state index in [4.69, 9.17) is 4.74 Å². The predicted molar refractivity (Wildman–Crippen MR) is 55.7 cm³/mol. The number of carbonyl (C=O) groups is 1. The van der Waals surface area contributed by atoms with Gasteiger partial charge in [-0.05, 0) is 12.0 Å². The molecule has 0 spiro atoms. The van der Waals surface area contributed by atoms with E-state index < -0.39 is 0 Å². The Hall–Kier alpha value is -1.31. The normalized spacial score (nSPS) is 12.1. The second-order valence-corrected chi connectivity index (χ2v) is 3.40. The van der Waals surface area contributed by atoms with Gasteiger partial charge in [-0.1, -0.05) is 44.2 Å². The molecule has 76 valence electrons. The lowest BCUT2D eigenvalue weighted by Crippen LogP contribution is -2.13. The van der Waals surface area contributed by atoms with Gasteiger partial charge in [0.2, 0.25) is 0 Å². The smallest absolute Gasteiger partial charge is 0.308 e. The van der Waals surface area contributed by atoms with Crippen molar-refractivity contribution in [2.75, 3.05) is 0 Å². The monoisotopic (exact) mass is 192 g/mol. The molecule has 1 aromatic rings. The van der Waals surface area contributed by atoms with E-state index in [1.807, 2.05) is 44.2 Å². The fourth-order valence-corrected chi connectivity index (χ4v) is 1.04. The van der Waals surface area contributed by atoms with Gasteiger partial charge in [0.15, 0.2) is 0 Å². The zero-order valence-corrected chi connectivity index (χ0v) is 8.69. The average molecular weight is 192 g/mol. The van der Waals surface area contributed by atoms with Gasteiger partial charge >= 0.3 is 5.97 Å². The van der Waals surface area contributed by atoms with Crippen molar-refractivity contribution in [3.8, 4) is 0 Å². The standard InChI is InChI=1S/C12H16O2/c1-3-10(2)12(13)14-9-11-7-5-4-6-8-11/h4-8,10H,3,9H2,1-2H3/t10-/m1/s1. The van der Waals surface area contributed by atoms with Gasteiger partial charge in [-0.25, -0.2) is 0 Å². The number of carbonyl (C=O) groups excluding carboxylic acids is 1. The van der Waals surface area contributed by atoms with E-state index in [-0.39, 0.29) is 11.9 Å². The molecule has 0 aliphatic rings. The minimum Gasteiger partial charge on any atom is -0.461 e. The third-order valence-electron chi connectivity index (χ3n) is 2.24. The van der Waals surface area contributed by atoms with Crippen LogP contribution < -0.4 is 0 Å². The first-order valence-corrected chi connectivity index (χ1v) is 4.94. The molecule has 1 aromatic carbocycles. The fraction of sp³-hybridized carbons (Fsp3) is 0.417. The van der Waals surface area contributed by atoms with Crippen LogP contribution in [-0.4, -0.2) is 5.97 Å². The lowest BCUT2D eigenvalue weighted by molar-refractivity contribution is -0.149. The maximum absolute atomic E-state index is 11.3. The third kappa shape index (κ3) is 3.21. The van der Waals surface area contributed by atoms with Crippen molar-refractivity contribution in [1.82, 2.24) is 0 Å². The summed E-state index contributed by atoms with van der Waals surface area (Å²) in [4.78, 5) is 11.3. The maximum atomic E-state index is 11.3. The van der Waals surface area contributed by atoms with Crippen LogP contribution in [-0.2, 0) is 16.1 Å². The number of hydrogen-bond donors (Lipinski definition) is 0. The second-order valence-electron chi connectivity index (χ2n) is 3.40. The topological polar surface area (TPSA) is 26.3 Å². The van der Waals surface area contributed by atoms with E-state index >= 15 is 0 Å². The lowest BCUT2D eigenvalue weighted by Gasteiger charge is -2.08. The van der Waals surface area contributed by atoms with Gasteiger partial charge in [0.25, 0.3) is 0 Å². The Bertz CT molecular complexity index is 280. The number of ether oxygens (including phenoxy) is 1. The van der Waals surface area contributed by atoms with Crippen LogP contribution in [0.5, 0.6) is 0 Å². The van der Waals surface area contributed by atoms with E-state index in [2.05, 4.69) is 0 Å². The highest BCUT2D eigenvalue weighted by atomic mass is 16.5. The molecule has 0 unspecified atom stereocenters. The van der Waals surface area contributed by atoms with Crippen molar-refractivity contribution in [1.29, 1.82) is 0 Å². The Morgan fingerprint density at radius 1 is 1.36 bits per heavy atom. The molecule has 0 fully saturated rings. The minimum atomic E-state index is -0.114. The van der Waals surface area contributed by atoms with E-state index in [0.29, 0.717) is 6.61 Å². The predicted octanol–water partition coefficient (Wildman–Crippen LogP) is 2.78. The quantitative estimate of drug-likeness (QED) is 0.686. The summed E-state index contributed by atoms with van der Waals surface area (Å²) < 4.78 is 5.14. The Morgan fingerprint density at radius 3 is 2.57 bits per heavy atom. The van der Waals surface area contributed by atoms with Crippen LogP contribution in [0.4, 0.5) is 0 Å². The molecule has 0 heterocycles. The van der Waals surface area contributed by atoms with Crippen LogP contribution in [0.25, 0.3) is 0 Å². The molecule has 0 aromatic heterocycles. The molecule has 1 rings (SSSR count). The zero-order chi connectivity index (χ0) is 10.4. The van der Waals surface area contributed by atoms with Gasteiger partial charge in [0.1, 0.15) is 6.61 Å². The van der Waals surface area contributed by atoms with Crippen molar-refractivity contribution in [3.63, 3.8) is 0 Å². The highest BCUT2D eigenvalue weighted by Crippen LogP contribution is 2.06. The van der Waals surface area contributed by atoms with Crippen LogP contribution in [0.1, 0.15) is 25.8 Å². The summed E-state index contributed by atoms with van der Waals surface area (Å²) in [5.41, 5.74) is 1.03. The fourth-order valence-electron chi connectivity index (χ4n) is 1.04. The Balaban J connectivity index is 2.38. The molecule has 0 bridgehead atoms. The van der Waals surface area contributed by atoms with Crippen LogP contribution in [0.2, 0.25) is 0 Å². The summed E-state index contributed by atoms with van der Waals surface area (Å²) in [5, 5.41) is 0. The molecule has 0 N–H and O–H groups in total. The molecule has 0 amide bonds. The molecular weight excluding hydrogens is 176 g/mol. The lowest BCUT2D eigenvalue weighted by atomic mass is 10.1. The van der Waals surface area contributed by atoms with Crippen LogP contribution in [0, 0.1) is 5.92 Å². The van der Waals surface area contributed by atoms with E-state index in [9.17, 15) is 4.79 Å². The molecule has 2 nitrogen and oxygen atoms in total. The largest absolute Gasteiger partial charge is 0.461 e. The highest BCUT2D eigenvalue weighted by molar-refractivity contribution is 5.71. The first-order valence-electron chi connectivity index (χ1n) is 4.94. The van der Waals surface area contributed by atoms with Crippen LogP contribution >= 0.6 is 0 Å². The van der Waals surface area contributed by atoms with Crippen LogP contribution in [0.15, 0.2) is 30.3 Å². The SMILES string of the molecule is CC[C@@H](C)C(=O)OCc1ccccc1. The summed E-state index contributed by atoms with van der Waals surface area (Å²) in [6.45, 7) is 4.24. The van der Waals surface area contributed by atoms with Gasteiger partial charge in [-0.15, -0.1) is 0 Å². The van der Waals surface area contributed by atoms with Crippen molar-refractivity contribution in [2.45, 2.75) is 26.9 Å². The molecular formula is C12H16O2. The first kappa shape index (κ1) is 10.8. The minimum absolute atomic E-state index is 0.00119. The molecule has 0 saturated heterocycles. The summed E-state index contributed by atoms with van der Waals surface area (Å²) in [7, 11) is 0. The van der Waals surface area contributed by atoms with Gasteiger partial charge in [0.05, 0.1) is 5.92 Å². The summed E-state index contributed by atoms with van der Waals surface area (Å²) in [6, 6.07) is 9.71. The molecule has 14 heavy (non-hydrogen) atoms. The molecule has 0 aliphatic carbocycles. The van der Waals surface area contributed by atoms with E-state index in [1.165, 1.54) is 0 Å². The van der Waals surface area contributed by atoms with Crippen LogP contribution in [0.3, 0.4) is 0 Å². The zero-order valence-electron chi connectivity index (χ0n) is 8.69. The van der Waals surface area contributed by atoms with E-state index in [0.717, 1.165) is 12.0 Å². The maximum Gasteiger partial charge on any atom is 0.308 e. The van der Waals surface area contributed by atoms with Gasteiger partial charge in [-0.2, -0.15) is 0 Å². The summed E-state index contributed by atoms with van der Waals surface area (Å²) >= 11 is 0. The molecule has 2 heteroatoms. The van der Waals surface area contributed by atoms with Gasteiger partial charge < -0.3 is 4.74 Å². The number of esters is 1. The third-order valence-corrected chi connectivity index (χ3v) is 2.24. The molecule has 0 radical (unpaired) electrons. The summed E-state index contributed by atoms with van der Waals surface area (Å²) in [6.07, 6.45) is 0.827. The van der Waals surface area contributed by atoms with Gasteiger partial charge in [-0.3, -0.25) is 4.79 Å². The van der Waals surface area contributed by atoms with Crippen molar-refractivity contribution in [3.05, 3.63) is 35.9 Å². The van der Waals surface area contributed by atoms with Gasteiger partial charge in [0, 0.05) is 0 Å². The Morgan fingerprint density at radius 2 is 2.00 bits per heavy atom.